The second-order valence-electron chi connectivity index (χ2n) is 5.21. The number of nitrogens with one attached hydrogen (secondary N) is 1. The molecular formula is C18H15N3O3S. The molecule has 0 spiro atoms. The summed E-state index contributed by atoms with van der Waals surface area (Å²) in [6, 6.07) is 16.4. The van der Waals surface area contributed by atoms with Crippen molar-refractivity contribution in [1.82, 2.24) is 14.7 Å². The number of hydrogen-bond acceptors (Lipinski definition) is 5. The second-order valence-corrected chi connectivity index (χ2v) is 6.98. The van der Waals surface area contributed by atoms with Crippen molar-refractivity contribution in [3.05, 3.63) is 78.6 Å². The molecule has 6 nitrogen and oxygen atoms in total. The highest BCUT2D eigenvalue weighted by Crippen LogP contribution is 2.16. The van der Waals surface area contributed by atoms with Crippen molar-refractivity contribution in [2.24, 2.45) is 0 Å². The van der Waals surface area contributed by atoms with Gasteiger partial charge in [0.15, 0.2) is 11.6 Å². The van der Waals surface area contributed by atoms with Gasteiger partial charge in [0, 0.05) is 23.5 Å². The zero-order chi connectivity index (χ0) is 17.7. The third-order valence-electron chi connectivity index (χ3n) is 3.48. The van der Waals surface area contributed by atoms with Crippen molar-refractivity contribution in [3.63, 3.8) is 0 Å². The van der Waals surface area contributed by atoms with E-state index in [2.05, 4.69) is 14.7 Å². The molecule has 0 saturated heterocycles. The molecule has 2 aromatic carbocycles. The number of carbonyl (C=O) groups is 1. The highest BCUT2D eigenvalue weighted by atomic mass is 32.2. The maximum atomic E-state index is 12.3. The first-order chi connectivity index (χ1) is 12.1. The maximum Gasteiger partial charge on any atom is 0.240 e. The molecule has 0 atom stereocenters. The van der Waals surface area contributed by atoms with Crippen LogP contribution in [-0.2, 0) is 10.0 Å². The molecule has 0 aliphatic heterocycles. The van der Waals surface area contributed by atoms with Gasteiger partial charge in [-0.3, -0.25) is 4.79 Å². The van der Waals surface area contributed by atoms with Crippen LogP contribution in [-0.4, -0.2) is 30.7 Å². The van der Waals surface area contributed by atoms with Gasteiger partial charge in [-0.15, -0.1) is 0 Å². The zero-order valence-electron chi connectivity index (χ0n) is 13.2. The monoisotopic (exact) mass is 353 g/mol. The average molecular weight is 353 g/mol. The van der Waals surface area contributed by atoms with E-state index >= 15 is 0 Å². The molecular weight excluding hydrogens is 338 g/mol. The predicted molar refractivity (Wildman–Crippen MR) is 93.4 cm³/mol. The van der Waals surface area contributed by atoms with E-state index in [1.807, 2.05) is 0 Å². The SMILES string of the molecule is O=C(CNS(=O)(=O)c1ccccc1)c1cccc(-c2ncccn2)c1. The quantitative estimate of drug-likeness (QED) is 0.687. The fourth-order valence-electron chi connectivity index (χ4n) is 2.23. The van der Waals surface area contributed by atoms with Gasteiger partial charge in [-0.05, 0) is 24.3 Å². The number of benzene rings is 2. The topological polar surface area (TPSA) is 89.0 Å². The number of Topliss-reactive ketones (excluding diaryl/α,β-unsaturated/α-hetero) is 1. The summed E-state index contributed by atoms with van der Waals surface area (Å²) >= 11 is 0. The van der Waals surface area contributed by atoms with Gasteiger partial charge in [0.2, 0.25) is 10.0 Å². The summed E-state index contributed by atoms with van der Waals surface area (Å²) in [5, 5.41) is 0. The lowest BCUT2D eigenvalue weighted by Crippen LogP contribution is -2.29. The standard InChI is InChI=1S/C18H15N3O3S/c22-17(13-21-25(23,24)16-8-2-1-3-9-16)14-6-4-7-15(12-14)18-19-10-5-11-20-18/h1-12,21H,13H2. The fraction of sp³-hybridized carbons (Fsp3) is 0.0556. The number of nitrogens with zero attached hydrogens (tertiary/aromatic N) is 2. The Bertz CT molecular complexity index is 975. The summed E-state index contributed by atoms with van der Waals surface area (Å²) in [5.74, 6) is 0.166. The highest BCUT2D eigenvalue weighted by Gasteiger charge is 2.16. The highest BCUT2D eigenvalue weighted by molar-refractivity contribution is 7.89. The summed E-state index contributed by atoms with van der Waals surface area (Å²) in [6.45, 7) is -0.323. The van der Waals surface area contributed by atoms with Gasteiger partial charge in [0.1, 0.15) is 0 Å². The van der Waals surface area contributed by atoms with Gasteiger partial charge in [-0.1, -0.05) is 36.4 Å². The summed E-state index contributed by atoms with van der Waals surface area (Å²) in [5.41, 5.74) is 1.08. The van der Waals surface area contributed by atoms with Crippen LogP contribution in [0.2, 0.25) is 0 Å². The van der Waals surface area contributed by atoms with Crippen LogP contribution in [0, 0.1) is 0 Å². The Morgan fingerprint density at radius 2 is 1.64 bits per heavy atom. The molecule has 0 aliphatic rings. The summed E-state index contributed by atoms with van der Waals surface area (Å²) < 4.78 is 26.7. The van der Waals surface area contributed by atoms with Crippen LogP contribution in [0.5, 0.6) is 0 Å². The smallest absolute Gasteiger partial charge is 0.240 e. The van der Waals surface area contributed by atoms with Crippen molar-refractivity contribution in [2.45, 2.75) is 4.90 Å². The van der Waals surface area contributed by atoms with Crippen molar-refractivity contribution in [2.75, 3.05) is 6.54 Å². The van der Waals surface area contributed by atoms with Gasteiger partial charge in [0.25, 0.3) is 0 Å². The number of ketones is 1. The van der Waals surface area contributed by atoms with E-state index in [0.717, 1.165) is 0 Å². The number of rotatable bonds is 6. The minimum atomic E-state index is -3.72. The number of hydrogen-bond donors (Lipinski definition) is 1. The van der Waals surface area contributed by atoms with Gasteiger partial charge in [-0.2, -0.15) is 0 Å². The van der Waals surface area contributed by atoms with E-state index in [0.29, 0.717) is 17.0 Å². The average Bonchev–Trinajstić information content (AvgIpc) is 2.68. The Labute approximate surface area is 145 Å². The first-order valence-corrected chi connectivity index (χ1v) is 9.00. The van der Waals surface area contributed by atoms with E-state index in [1.165, 1.54) is 12.1 Å². The van der Waals surface area contributed by atoms with Crippen LogP contribution >= 0.6 is 0 Å². The van der Waals surface area contributed by atoms with Crippen LogP contribution < -0.4 is 4.72 Å². The van der Waals surface area contributed by atoms with Gasteiger partial charge in [-0.25, -0.2) is 23.1 Å². The molecule has 3 aromatic rings. The Kier molecular flexibility index (Phi) is 4.97. The van der Waals surface area contributed by atoms with E-state index in [4.69, 9.17) is 0 Å². The lowest BCUT2D eigenvalue weighted by molar-refractivity contribution is 0.0997. The summed E-state index contributed by atoms with van der Waals surface area (Å²) in [6.07, 6.45) is 3.23. The van der Waals surface area contributed by atoms with E-state index in [1.54, 1.807) is 60.9 Å². The van der Waals surface area contributed by atoms with Gasteiger partial charge < -0.3 is 0 Å². The van der Waals surface area contributed by atoms with Crippen LogP contribution in [0.1, 0.15) is 10.4 Å². The first kappa shape index (κ1) is 16.9. The Balaban J connectivity index is 1.74. The number of aromatic nitrogens is 2. The number of sulfonamides is 1. The fourth-order valence-corrected chi connectivity index (χ4v) is 3.23. The molecule has 0 bridgehead atoms. The molecule has 0 unspecified atom stereocenters. The minimum Gasteiger partial charge on any atom is -0.293 e. The molecule has 1 heterocycles. The molecule has 1 aromatic heterocycles. The molecule has 0 saturated carbocycles. The van der Waals surface area contributed by atoms with Crippen molar-refractivity contribution >= 4 is 15.8 Å². The molecule has 25 heavy (non-hydrogen) atoms. The van der Waals surface area contributed by atoms with E-state index in [9.17, 15) is 13.2 Å². The second kappa shape index (κ2) is 7.33. The predicted octanol–water partition coefficient (Wildman–Crippen LogP) is 2.30. The van der Waals surface area contributed by atoms with Crippen LogP contribution in [0.3, 0.4) is 0 Å². The molecule has 1 N–H and O–H groups in total. The third kappa shape index (κ3) is 4.14. The maximum absolute atomic E-state index is 12.3. The summed E-state index contributed by atoms with van der Waals surface area (Å²) in [7, 11) is -3.72. The van der Waals surface area contributed by atoms with Gasteiger partial charge in [0.05, 0.1) is 11.4 Å². The van der Waals surface area contributed by atoms with Crippen LogP contribution in [0.25, 0.3) is 11.4 Å². The van der Waals surface area contributed by atoms with E-state index in [-0.39, 0.29) is 17.2 Å². The molecule has 0 fully saturated rings. The molecule has 0 radical (unpaired) electrons. The molecule has 0 amide bonds. The first-order valence-electron chi connectivity index (χ1n) is 7.52. The van der Waals surface area contributed by atoms with Gasteiger partial charge >= 0.3 is 0 Å². The Morgan fingerprint density at radius 3 is 2.36 bits per heavy atom. The van der Waals surface area contributed by atoms with E-state index < -0.39 is 10.0 Å². The van der Waals surface area contributed by atoms with Crippen molar-refractivity contribution < 1.29 is 13.2 Å². The Hall–Kier alpha value is -2.90. The largest absolute Gasteiger partial charge is 0.293 e. The lowest BCUT2D eigenvalue weighted by atomic mass is 10.1. The summed E-state index contributed by atoms with van der Waals surface area (Å²) in [4.78, 5) is 20.7. The Morgan fingerprint density at radius 1 is 0.920 bits per heavy atom. The zero-order valence-corrected chi connectivity index (χ0v) is 14.0. The lowest BCUT2D eigenvalue weighted by Gasteiger charge is -2.07. The molecule has 0 aliphatic carbocycles. The van der Waals surface area contributed by atoms with Crippen LogP contribution in [0.4, 0.5) is 0 Å². The number of carbonyl (C=O) groups excluding carboxylic acids is 1. The normalized spacial score (nSPS) is 11.2. The van der Waals surface area contributed by atoms with Crippen molar-refractivity contribution in [1.29, 1.82) is 0 Å². The molecule has 7 heteroatoms. The van der Waals surface area contributed by atoms with Crippen molar-refractivity contribution in [3.8, 4) is 11.4 Å². The molecule has 126 valence electrons. The molecule has 3 rings (SSSR count). The third-order valence-corrected chi connectivity index (χ3v) is 4.90. The minimum absolute atomic E-state index is 0.120. The van der Waals surface area contributed by atoms with Crippen LogP contribution in [0.15, 0.2) is 78.0 Å².